The molecule has 0 unspecified atom stereocenters. The zero-order chi connectivity index (χ0) is 7.61. The average Bonchev–Trinajstić information content (AvgIpc) is 2.38. The summed E-state index contributed by atoms with van der Waals surface area (Å²) in [4.78, 5) is 0. The highest BCUT2D eigenvalue weighted by Gasteiger charge is 2.22. The highest BCUT2D eigenvalue weighted by molar-refractivity contribution is 7.03. The zero-order valence-electron chi connectivity index (χ0n) is 5.83. The van der Waals surface area contributed by atoms with Gasteiger partial charge in [0.05, 0.1) is 17.2 Å². The van der Waals surface area contributed by atoms with Crippen molar-refractivity contribution in [2.45, 2.75) is 19.3 Å². The predicted molar refractivity (Wildman–Crippen MR) is 38.5 cm³/mol. The fourth-order valence-corrected chi connectivity index (χ4v) is 1.12. The van der Waals surface area contributed by atoms with Crippen LogP contribution in [0, 0.1) is 11.3 Å². The van der Waals surface area contributed by atoms with Gasteiger partial charge in [0.15, 0.2) is 0 Å². The fraction of sp³-hybridized carbons (Fsp3) is 0.500. The standard InChI is InChI=1S/C6H7N3S/c1-6(2,4-7)5-3-10-9-8-5/h3H,1-2H3. The number of hydrogen-bond donors (Lipinski definition) is 0. The van der Waals surface area contributed by atoms with E-state index < -0.39 is 5.41 Å². The van der Waals surface area contributed by atoms with Gasteiger partial charge in [-0.25, -0.2) is 0 Å². The van der Waals surface area contributed by atoms with Crippen LogP contribution in [0.4, 0.5) is 0 Å². The molecule has 0 amide bonds. The van der Waals surface area contributed by atoms with Crippen molar-refractivity contribution in [3.63, 3.8) is 0 Å². The minimum atomic E-state index is -0.493. The zero-order valence-corrected chi connectivity index (χ0v) is 6.64. The van der Waals surface area contributed by atoms with Crippen molar-refractivity contribution in [3.05, 3.63) is 11.1 Å². The molecule has 1 rings (SSSR count). The average molecular weight is 153 g/mol. The molecule has 0 saturated heterocycles. The lowest BCUT2D eigenvalue weighted by Gasteiger charge is -2.08. The van der Waals surface area contributed by atoms with E-state index in [1.54, 1.807) is 5.38 Å². The van der Waals surface area contributed by atoms with E-state index in [2.05, 4.69) is 15.7 Å². The van der Waals surface area contributed by atoms with Gasteiger partial charge in [-0.1, -0.05) is 4.49 Å². The Hall–Kier alpha value is -0.950. The molecule has 10 heavy (non-hydrogen) atoms. The largest absolute Gasteiger partial charge is 0.197 e. The minimum absolute atomic E-state index is 0.493. The molecular weight excluding hydrogens is 146 g/mol. The molecule has 1 aromatic rings. The molecule has 1 heterocycles. The van der Waals surface area contributed by atoms with Crippen LogP contribution in [0.1, 0.15) is 19.5 Å². The number of nitrogens with zero attached hydrogens (tertiary/aromatic N) is 3. The Morgan fingerprint density at radius 3 is 2.80 bits per heavy atom. The van der Waals surface area contributed by atoms with Gasteiger partial charge in [0.2, 0.25) is 0 Å². The van der Waals surface area contributed by atoms with E-state index in [1.807, 2.05) is 13.8 Å². The van der Waals surface area contributed by atoms with Gasteiger partial charge in [0.25, 0.3) is 0 Å². The molecule has 52 valence electrons. The minimum Gasteiger partial charge on any atom is -0.197 e. The van der Waals surface area contributed by atoms with E-state index in [-0.39, 0.29) is 0 Å². The Morgan fingerprint density at radius 2 is 2.40 bits per heavy atom. The van der Waals surface area contributed by atoms with Crippen molar-refractivity contribution < 1.29 is 0 Å². The predicted octanol–water partition coefficient (Wildman–Crippen LogP) is 1.34. The number of aromatic nitrogens is 2. The lowest BCUT2D eigenvalue weighted by molar-refractivity contribution is 0.656. The quantitative estimate of drug-likeness (QED) is 0.611. The summed E-state index contributed by atoms with van der Waals surface area (Å²) in [5.74, 6) is 0. The van der Waals surface area contributed by atoms with Crippen LogP contribution < -0.4 is 0 Å². The third-order valence-corrected chi connectivity index (χ3v) is 1.78. The fourth-order valence-electron chi connectivity index (χ4n) is 0.494. The first-order valence-electron chi connectivity index (χ1n) is 2.85. The van der Waals surface area contributed by atoms with Gasteiger partial charge in [0.1, 0.15) is 0 Å². The van der Waals surface area contributed by atoms with Gasteiger partial charge in [-0.05, 0) is 25.4 Å². The van der Waals surface area contributed by atoms with Crippen LogP contribution in [0.2, 0.25) is 0 Å². The molecule has 1 aromatic heterocycles. The van der Waals surface area contributed by atoms with Gasteiger partial charge < -0.3 is 0 Å². The molecule has 0 spiro atoms. The second kappa shape index (κ2) is 2.35. The summed E-state index contributed by atoms with van der Waals surface area (Å²) in [6, 6.07) is 2.15. The molecule has 0 atom stereocenters. The van der Waals surface area contributed by atoms with Crippen LogP contribution in [0.15, 0.2) is 5.38 Å². The van der Waals surface area contributed by atoms with E-state index in [4.69, 9.17) is 5.26 Å². The van der Waals surface area contributed by atoms with Crippen molar-refractivity contribution in [2.75, 3.05) is 0 Å². The number of nitriles is 1. The highest BCUT2D eigenvalue weighted by atomic mass is 32.1. The molecule has 0 radical (unpaired) electrons. The topological polar surface area (TPSA) is 49.6 Å². The Balaban J connectivity index is 2.99. The van der Waals surface area contributed by atoms with Gasteiger partial charge >= 0.3 is 0 Å². The Kier molecular flexibility index (Phi) is 1.68. The molecule has 0 aromatic carbocycles. The lowest BCUT2D eigenvalue weighted by Crippen LogP contribution is -2.14. The molecule has 4 heteroatoms. The molecule has 0 bridgehead atoms. The van der Waals surface area contributed by atoms with Crippen molar-refractivity contribution in [1.29, 1.82) is 5.26 Å². The smallest absolute Gasteiger partial charge is 0.0965 e. The maximum absolute atomic E-state index is 8.65. The summed E-state index contributed by atoms with van der Waals surface area (Å²) < 4.78 is 3.68. The van der Waals surface area contributed by atoms with Crippen molar-refractivity contribution in [2.24, 2.45) is 0 Å². The maximum atomic E-state index is 8.65. The summed E-state index contributed by atoms with van der Waals surface area (Å²) >= 11 is 1.27. The van der Waals surface area contributed by atoms with Crippen LogP contribution in [0.25, 0.3) is 0 Å². The first-order chi connectivity index (χ1) is 4.67. The van der Waals surface area contributed by atoms with E-state index in [0.717, 1.165) is 5.69 Å². The van der Waals surface area contributed by atoms with Crippen molar-refractivity contribution in [3.8, 4) is 6.07 Å². The normalized spacial score (nSPS) is 10.9. The Bertz CT molecular complexity index is 244. The summed E-state index contributed by atoms with van der Waals surface area (Å²) in [7, 11) is 0. The van der Waals surface area contributed by atoms with E-state index in [1.165, 1.54) is 11.5 Å². The molecular formula is C6H7N3S. The van der Waals surface area contributed by atoms with Crippen LogP contribution in [-0.2, 0) is 5.41 Å². The second-order valence-corrected chi connectivity index (χ2v) is 3.14. The van der Waals surface area contributed by atoms with Gasteiger partial charge in [0, 0.05) is 5.38 Å². The SMILES string of the molecule is CC(C)(C#N)c1csnn1. The summed E-state index contributed by atoms with van der Waals surface area (Å²) in [5, 5.41) is 14.3. The van der Waals surface area contributed by atoms with Crippen LogP contribution in [0.5, 0.6) is 0 Å². The molecule has 0 aliphatic rings. The van der Waals surface area contributed by atoms with Crippen molar-refractivity contribution >= 4 is 11.5 Å². The third kappa shape index (κ3) is 1.14. The summed E-state index contributed by atoms with van der Waals surface area (Å²) in [6.45, 7) is 3.65. The van der Waals surface area contributed by atoms with Crippen LogP contribution in [-0.4, -0.2) is 9.59 Å². The van der Waals surface area contributed by atoms with Crippen LogP contribution in [0.3, 0.4) is 0 Å². The second-order valence-electron chi connectivity index (χ2n) is 2.53. The molecule has 0 aliphatic carbocycles. The maximum Gasteiger partial charge on any atom is 0.0965 e. The Labute approximate surface area is 63.5 Å². The lowest BCUT2D eigenvalue weighted by atomic mass is 9.93. The number of hydrogen-bond acceptors (Lipinski definition) is 4. The van der Waals surface area contributed by atoms with Gasteiger partial charge in [-0.3, -0.25) is 0 Å². The first-order valence-corrected chi connectivity index (χ1v) is 3.69. The third-order valence-electron chi connectivity index (χ3n) is 1.28. The van der Waals surface area contributed by atoms with Gasteiger partial charge in [-0.15, -0.1) is 5.10 Å². The molecule has 0 aliphatic heterocycles. The highest BCUT2D eigenvalue weighted by Crippen LogP contribution is 2.19. The van der Waals surface area contributed by atoms with Gasteiger partial charge in [-0.2, -0.15) is 5.26 Å². The molecule has 3 nitrogen and oxygen atoms in total. The van der Waals surface area contributed by atoms with E-state index in [9.17, 15) is 0 Å². The van der Waals surface area contributed by atoms with E-state index in [0.29, 0.717) is 0 Å². The van der Waals surface area contributed by atoms with Crippen molar-refractivity contribution in [1.82, 2.24) is 9.59 Å². The molecule has 0 saturated carbocycles. The summed E-state index contributed by atoms with van der Waals surface area (Å²) in [6.07, 6.45) is 0. The van der Waals surface area contributed by atoms with E-state index >= 15 is 0 Å². The molecule has 0 fully saturated rings. The first kappa shape index (κ1) is 7.16. The van der Waals surface area contributed by atoms with Crippen LogP contribution >= 0.6 is 11.5 Å². The number of rotatable bonds is 1. The monoisotopic (exact) mass is 153 g/mol. The molecule has 0 N–H and O–H groups in total. The summed E-state index contributed by atoms with van der Waals surface area (Å²) in [5.41, 5.74) is 0.257. The Morgan fingerprint density at radius 1 is 1.70 bits per heavy atom.